The third-order valence-electron chi connectivity index (χ3n) is 2.56. The van der Waals surface area contributed by atoms with Crippen molar-refractivity contribution in [2.45, 2.75) is 6.61 Å². The summed E-state index contributed by atoms with van der Waals surface area (Å²) in [6.07, 6.45) is 1.04. The number of rotatable bonds is 3. The van der Waals surface area contributed by atoms with Crippen molar-refractivity contribution < 1.29 is 9.13 Å². The number of ether oxygens (including phenoxy) is 1. The summed E-state index contributed by atoms with van der Waals surface area (Å²) < 4.78 is 19.0. The van der Waals surface area contributed by atoms with Crippen LogP contribution in [0.4, 0.5) is 10.2 Å². The van der Waals surface area contributed by atoms with Gasteiger partial charge in [0.25, 0.3) is 0 Å². The molecule has 0 unspecified atom stereocenters. The van der Waals surface area contributed by atoms with E-state index in [9.17, 15) is 4.39 Å². The fourth-order valence-corrected chi connectivity index (χ4v) is 1.83. The van der Waals surface area contributed by atoms with Gasteiger partial charge in [-0.25, -0.2) is 14.4 Å². The molecule has 0 bridgehead atoms. The van der Waals surface area contributed by atoms with Crippen LogP contribution in [-0.4, -0.2) is 25.4 Å². The number of nitrogen functional groups attached to an aromatic ring is 1. The number of hydrogen-bond acceptors (Lipinski definition) is 6. The summed E-state index contributed by atoms with van der Waals surface area (Å²) in [6, 6.07) is 2.88. The molecule has 3 rings (SSSR count). The Kier molecular flexibility index (Phi) is 3.07. The zero-order valence-corrected chi connectivity index (χ0v) is 10.7. The number of nitrogens with two attached hydrogens (primary N) is 1. The molecule has 102 valence electrons. The van der Waals surface area contributed by atoms with E-state index in [4.69, 9.17) is 22.1 Å². The second-order valence-corrected chi connectivity index (χ2v) is 4.32. The molecule has 0 fully saturated rings. The Morgan fingerprint density at radius 3 is 3.05 bits per heavy atom. The van der Waals surface area contributed by atoms with Gasteiger partial charge in [-0.2, -0.15) is 10.3 Å². The predicted octanol–water partition coefficient (Wildman–Crippen LogP) is 1.70. The highest BCUT2D eigenvalue weighted by Crippen LogP contribution is 2.24. The highest BCUT2D eigenvalue weighted by atomic mass is 35.5. The van der Waals surface area contributed by atoms with Crippen molar-refractivity contribution in [2.75, 3.05) is 5.73 Å². The SMILES string of the molecule is Nc1cc(OCc2cc(Cl)ncc2F)c2n[nH]nc2n1. The molecule has 3 aromatic heterocycles. The molecular weight excluding hydrogens is 287 g/mol. The minimum absolute atomic E-state index is 0.0422. The van der Waals surface area contributed by atoms with Crippen molar-refractivity contribution >= 4 is 28.6 Å². The smallest absolute Gasteiger partial charge is 0.207 e. The molecule has 0 aromatic carbocycles. The summed E-state index contributed by atoms with van der Waals surface area (Å²) in [5.41, 5.74) is 6.65. The van der Waals surface area contributed by atoms with E-state index < -0.39 is 5.82 Å². The molecule has 9 heteroatoms. The first-order valence-corrected chi connectivity index (χ1v) is 5.91. The van der Waals surface area contributed by atoms with Crippen LogP contribution >= 0.6 is 11.6 Å². The number of fused-ring (bicyclic) bond motifs is 1. The largest absolute Gasteiger partial charge is 0.486 e. The van der Waals surface area contributed by atoms with E-state index in [1.165, 1.54) is 12.1 Å². The standard InChI is InChI=1S/C11H8ClFN6O/c12-8-1-5(6(13)3-15-8)4-20-7-2-9(14)16-11-10(7)17-19-18-11/h1-3H,4H2,(H3,14,16,17,18,19). The third kappa shape index (κ3) is 2.32. The Balaban J connectivity index is 1.90. The van der Waals surface area contributed by atoms with Gasteiger partial charge in [-0.1, -0.05) is 11.6 Å². The van der Waals surface area contributed by atoms with Gasteiger partial charge < -0.3 is 10.5 Å². The monoisotopic (exact) mass is 294 g/mol. The van der Waals surface area contributed by atoms with Crippen LogP contribution in [0.2, 0.25) is 5.15 Å². The molecule has 0 aliphatic heterocycles. The minimum atomic E-state index is -0.507. The van der Waals surface area contributed by atoms with Crippen molar-refractivity contribution in [2.24, 2.45) is 0 Å². The van der Waals surface area contributed by atoms with Crippen molar-refractivity contribution in [3.63, 3.8) is 0 Å². The normalized spacial score (nSPS) is 10.9. The van der Waals surface area contributed by atoms with E-state index in [0.717, 1.165) is 6.20 Å². The molecule has 20 heavy (non-hydrogen) atoms. The van der Waals surface area contributed by atoms with Gasteiger partial charge in [-0.05, 0) is 6.07 Å². The van der Waals surface area contributed by atoms with Crippen LogP contribution < -0.4 is 10.5 Å². The van der Waals surface area contributed by atoms with E-state index in [-0.39, 0.29) is 23.1 Å². The number of pyridine rings is 2. The number of hydrogen-bond donors (Lipinski definition) is 2. The lowest BCUT2D eigenvalue weighted by molar-refractivity contribution is 0.302. The summed E-state index contributed by atoms with van der Waals surface area (Å²) in [5.74, 6) is 0.0797. The quantitative estimate of drug-likeness (QED) is 0.713. The molecule has 7 nitrogen and oxygen atoms in total. The summed E-state index contributed by atoms with van der Waals surface area (Å²) in [7, 11) is 0. The Bertz CT molecular complexity index is 777. The van der Waals surface area contributed by atoms with Crippen LogP contribution in [0, 0.1) is 5.82 Å². The van der Waals surface area contributed by atoms with Gasteiger partial charge in [-0.15, -0.1) is 5.10 Å². The first-order valence-electron chi connectivity index (χ1n) is 5.53. The number of nitrogens with zero attached hydrogens (tertiary/aromatic N) is 4. The number of nitrogens with one attached hydrogen (secondary N) is 1. The molecule has 0 amide bonds. The zero-order valence-electron chi connectivity index (χ0n) is 9.97. The molecule has 0 aliphatic carbocycles. The van der Waals surface area contributed by atoms with Crippen LogP contribution in [0.1, 0.15) is 5.56 Å². The van der Waals surface area contributed by atoms with E-state index in [1.807, 2.05) is 0 Å². The van der Waals surface area contributed by atoms with Crippen LogP contribution in [0.25, 0.3) is 11.2 Å². The molecule has 3 heterocycles. The molecule has 0 saturated heterocycles. The highest BCUT2D eigenvalue weighted by molar-refractivity contribution is 6.29. The molecule has 3 N–H and O–H groups in total. The Labute approximate surface area is 116 Å². The lowest BCUT2D eigenvalue weighted by Gasteiger charge is -2.07. The van der Waals surface area contributed by atoms with Gasteiger partial charge in [0.05, 0.1) is 6.20 Å². The lowest BCUT2D eigenvalue weighted by Crippen LogP contribution is -2.01. The summed E-state index contributed by atoms with van der Waals surface area (Å²) in [4.78, 5) is 7.60. The first-order chi connectivity index (χ1) is 9.63. The molecule has 0 aliphatic rings. The van der Waals surface area contributed by atoms with Crippen molar-refractivity contribution in [3.05, 3.63) is 34.9 Å². The molecule has 0 radical (unpaired) electrons. The minimum Gasteiger partial charge on any atom is -0.486 e. The second kappa shape index (κ2) is 4.89. The van der Waals surface area contributed by atoms with Gasteiger partial charge in [0, 0.05) is 11.6 Å². The molecular formula is C11H8ClFN6O. The summed E-state index contributed by atoms with van der Waals surface area (Å²) in [5, 5.41) is 10.3. The van der Waals surface area contributed by atoms with E-state index in [2.05, 4.69) is 25.4 Å². The van der Waals surface area contributed by atoms with Gasteiger partial charge >= 0.3 is 0 Å². The van der Waals surface area contributed by atoms with Gasteiger partial charge in [0.15, 0.2) is 11.3 Å². The van der Waals surface area contributed by atoms with E-state index in [1.54, 1.807) is 0 Å². The van der Waals surface area contributed by atoms with Gasteiger partial charge in [0.1, 0.15) is 23.4 Å². The van der Waals surface area contributed by atoms with Crippen molar-refractivity contribution in [3.8, 4) is 5.75 Å². The van der Waals surface area contributed by atoms with Crippen molar-refractivity contribution in [1.82, 2.24) is 25.4 Å². The fourth-order valence-electron chi connectivity index (χ4n) is 1.65. The van der Waals surface area contributed by atoms with Crippen LogP contribution in [0.5, 0.6) is 5.75 Å². The number of aromatic nitrogens is 5. The predicted molar refractivity (Wildman–Crippen MR) is 69.6 cm³/mol. The van der Waals surface area contributed by atoms with E-state index in [0.29, 0.717) is 16.9 Å². The maximum Gasteiger partial charge on any atom is 0.207 e. The Hall–Kier alpha value is -2.48. The Morgan fingerprint density at radius 2 is 2.20 bits per heavy atom. The fraction of sp³-hybridized carbons (Fsp3) is 0.0909. The number of H-pyrrole nitrogens is 1. The van der Waals surface area contributed by atoms with Crippen molar-refractivity contribution in [1.29, 1.82) is 0 Å². The molecule has 0 atom stereocenters. The average Bonchev–Trinajstić information content (AvgIpc) is 2.87. The maximum absolute atomic E-state index is 13.5. The molecule has 3 aromatic rings. The van der Waals surface area contributed by atoms with Gasteiger partial charge in [-0.3, -0.25) is 0 Å². The van der Waals surface area contributed by atoms with Crippen LogP contribution in [0.3, 0.4) is 0 Å². The lowest BCUT2D eigenvalue weighted by atomic mass is 10.3. The molecule has 0 spiro atoms. The Morgan fingerprint density at radius 1 is 1.35 bits per heavy atom. The van der Waals surface area contributed by atoms with Crippen LogP contribution in [-0.2, 0) is 6.61 Å². The number of halogens is 2. The summed E-state index contributed by atoms with van der Waals surface area (Å²) in [6.45, 7) is -0.0422. The zero-order chi connectivity index (χ0) is 14.1. The number of anilines is 1. The van der Waals surface area contributed by atoms with Crippen LogP contribution in [0.15, 0.2) is 18.3 Å². The average molecular weight is 295 g/mol. The van der Waals surface area contributed by atoms with Gasteiger partial charge in [0.2, 0.25) is 5.65 Å². The third-order valence-corrected chi connectivity index (χ3v) is 2.77. The number of aromatic amines is 1. The highest BCUT2D eigenvalue weighted by Gasteiger charge is 2.11. The maximum atomic E-state index is 13.5. The topological polar surface area (TPSA) is 103 Å². The van der Waals surface area contributed by atoms with E-state index >= 15 is 0 Å². The first kappa shape index (κ1) is 12.5. The second-order valence-electron chi connectivity index (χ2n) is 3.93. The molecule has 0 saturated carbocycles. The summed E-state index contributed by atoms with van der Waals surface area (Å²) >= 11 is 5.71.